The Bertz CT molecular complexity index is 539. The minimum Gasteiger partial charge on any atom is -0.383 e. The van der Waals surface area contributed by atoms with Crippen LogP contribution in [0.2, 0.25) is 0 Å². The molecule has 0 aliphatic carbocycles. The molecule has 0 amide bonds. The molecule has 21 heavy (non-hydrogen) atoms. The zero-order valence-electron chi connectivity index (χ0n) is 12.6. The highest BCUT2D eigenvalue weighted by Gasteiger charge is 2.26. The third kappa shape index (κ3) is 4.15. The largest absolute Gasteiger partial charge is 0.383 e. The fourth-order valence-corrected chi connectivity index (χ4v) is 3.88. The topological polar surface area (TPSA) is 71.5 Å². The van der Waals surface area contributed by atoms with Crippen molar-refractivity contribution in [2.45, 2.75) is 37.1 Å². The molecular formula is C14H23N3O3S. The van der Waals surface area contributed by atoms with Crippen LogP contribution in [0.15, 0.2) is 23.2 Å². The molecule has 0 bridgehead atoms. The van der Waals surface area contributed by atoms with Gasteiger partial charge in [-0.25, -0.2) is 13.4 Å². The second-order valence-corrected chi connectivity index (χ2v) is 7.28. The minimum absolute atomic E-state index is 0.118. The molecule has 0 aromatic carbocycles. The van der Waals surface area contributed by atoms with Crippen molar-refractivity contribution in [3.8, 4) is 0 Å². The number of anilines is 1. The van der Waals surface area contributed by atoms with Crippen LogP contribution in [0.5, 0.6) is 0 Å². The van der Waals surface area contributed by atoms with E-state index in [2.05, 4.69) is 10.3 Å². The van der Waals surface area contributed by atoms with Crippen molar-refractivity contribution in [1.82, 2.24) is 9.29 Å². The van der Waals surface area contributed by atoms with E-state index in [4.69, 9.17) is 4.74 Å². The van der Waals surface area contributed by atoms with Crippen molar-refractivity contribution in [1.29, 1.82) is 0 Å². The Kier molecular flexibility index (Phi) is 5.55. The standard InChI is InChI=1S/C14H23N3O3S/c1-12(11-20-2)16-14-7-6-13(10-15-14)21(18,19)17-8-4-3-5-9-17/h6-7,10,12H,3-5,8-9,11H2,1-2H3,(H,15,16). The van der Waals surface area contributed by atoms with Crippen LogP contribution in [0.25, 0.3) is 0 Å². The Morgan fingerprint density at radius 2 is 2.05 bits per heavy atom. The highest BCUT2D eigenvalue weighted by molar-refractivity contribution is 7.89. The normalized spacial score (nSPS) is 18.4. The van der Waals surface area contributed by atoms with Gasteiger partial charge in [0.1, 0.15) is 10.7 Å². The van der Waals surface area contributed by atoms with Gasteiger partial charge in [-0.05, 0) is 31.9 Å². The number of hydrogen-bond donors (Lipinski definition) is 1. The quantitative estimate of drug-likeness (QED) is 0.865. The van der Waals surface area contributed by atoms with Gasteiger partial charge in [-0.3, -0.25) is 0 Å². The number of nitrogens with one attached hydrogen (secondary N) is 1. The summed E-state index contributed by atoms with van der Waals surface area (Å²) in [5, 5.41) is 3.16. The number of rotatable bonds is 6. The SMILES string of the molecule is COCC(C)Nc1ccc(S(=O)(=O)N2CCCCC2)cn1. The molecule has 1 aromatic heterocycles. The first-order valence-corrected chi connectivity index (χ1v) is 8.69. The molecule has 1 saturated heterocycles. The fourth-order valence-electron chi connectivity index (χ4n) is 2.42. The third-order valence-corrected chi connectivity index (χ3v) is 5.38. The van der Waals surface area contributed by atoms with Gasteiger partial charge in [-0.2, -0.15) is 4.31 Å². The third-order valence-electron chi connectivity index (χ3n) is 3.50. The van der Waals surface area contributed by atoms with E-state index in [1.54, 1.807) is 23.5 Å². The molecule has 0 spiro atoms. The molecule has 7 heteroatoms. The van der Waals surface area contributed by atoms with Crippen molar-refractivity contribution in [2.75, 3.05) is 32.1 Å². The highest BCUT2D eigenvalue weighted by Crippen LogP contribution is 2.20. The van der Waals surface area contributed by atoms with Crippen LogP contribution < -0.4 is 5.32 Å². The molecule has 1 aliphatic heterocycles. The van der Waals surface area contributed by atoms with E-state index < -0.39 is 10.0 Å². The summed E-state index contributed by atoms with van der Waals surface area (Å²) in [6.45, 7) is 3.75. The van der Waals surface area contributed by atoms with Crippen molar-refractivity contribution in [3.63, 3.8) is 0 Å². The maximum atomic E-state index is 12.5. The van der Waals surface area contributed by atoms with Crippen molar-refractivity contribution in [3.05, 3.63) is 18.3 Å². The predicted molar refractivity (Wildman–Crippen MR) is 81.8 cm³/mol. The van der Waals surface area contributed by atoms with Crippen LogP contribution in [-0.2, 0) is 14.8 Å². The summed E-state index contributed by atoms with van der Waals surface area (Å²) in [6.07, 6.45) is 4.39. The molecule has 2 heterocycles. The lowest BCUT2D eigenvalue weighted by molar-refractivity contribution is 0.190. The van der Waals surface area contributed by atoms with Gasteiger partial charge in [0.2, 0.25) is 10.0 Å². The van der Waals surface area contributed by atoms with E-state index in [-0.39, 0.29) is 10.9 Å². The van der Waals surface area contributed by atoms with E-state index in [1.807, 2.05) is 6.92 Å². The maximum Gasteiger partial charge on any atom is 0.244 e. The van der Waals surface area contributed by atoms with Crippen LogP contribution in [0, 0.1) is 0 Å². The number of ether oxygens (including phenoxy) is 1. The van der Waals surface area contributed by atoms with Crippen molar-refractivity contribution < 1.29 is 13.2 Å². The first kappa shape index (κ1) is 16.2. The summed E-state index contributed by atoms with van der Waals surface area (Å²) >= 11 is 0. The number of nitrogens with zero attached hydrogens (tertiary/aromatic N) is 2. The Morgan fingerprint density at radius 3 is 2.62 bits per heavy atom. The summed E-state index contributed by atoms with van der Waals surface area (Å²) in [5.41, 5.74) is 0. The second-order valence-electron chi connectivity index (χ2n) is 5.34. The van der Waals surface area contributed by atoms with Crippen LogP contribution >= 0.6 is 0 Å². The molecule has 1 N–H and O–H groups in total. The Balaban J connectivity index is 2.07. The van der Waals surface area contributed by atoms with Crippen LogP contribution in [0.3, 0.4) is 0 Å². The molecular weight excluding hydrogens is 290 g/mol. The van der Waals surface area contributed by atoms with E-state index in [0.717, 1.165) is 19.3 Å². The van der Waals surface area contributed by atoms with Crippen LogP contribution in [0.4, 0.5) is 5.82 Å². The summed E-state index contributed by atoms with van der Waals surface area (Å²) in [6, 6.07) is 3.42. The predicted octanol–water partition coefficient (Wildman–Crippen LogP) is 1.70. The summed E-state index contributed by atoms with van der Waals surface area (Å²) in [7, 11) is -1.76. The Hall–Kier alpha value is -1.18. The zero-order valence-corrected chi connectivity index (χ0v) is 13.4. The number of hydrogen-bond acceptors (Lipinski definition) is 5. The molecule has 6 nitrogen and oxygen atoms in total. The molecule has 1 unspecified atom stereocenters. The van der Waals surface area contributed by atoms with Gasteiger partial charge in [0.05, 0.1) is 6.61 Å². The highest BCUT2D eigenvalue weighted by atomic mass is 32.2. The van der Waals surface area contributed by atoms with E-state index >= 15 is 0 Å². The molecule has 1 aromatic rings. The summed E-state index contributed by atoms with van der Waals surface area (Å²) < 4.78 is 31.5. The lowest BCUT2D eigenvalue weighted by atomic mass is 10.2. The molecule has 118 valence electrons. The summed E-state index contributed by atoms with van der Waals surface area (Å²) in [4.78, 5) is 4.45. The van der Waals surface area contributed by atoms with E-state index in [1.165, 1.54) is 6.20 Å². The van der Waals surface area contributed by atoms with Crippen LogP contribution in [0.1, 0.15) is 26.2 Å². The second kappa shape index (κ2) is 7.20. The first-order chi connectivity index (χ1) is 10.0. The zero-order chi connectivity index (χ0) is 15.3. The van der Waals surface area contributed by atoms with Gasteiger partial charge in [-0.1, -0.05) is 6.42 Å². The average Bonchev–Trinajstić information content (AvgIpc) is 2.49. The molecule has 1 fully saturated rings. The number of methoxy groups -OCH3 is 1. The smallest absolute Gasteiger partial charge is 0.244 e. The van der Waals surface area contributed by atoms with Gasteiger partial charge >= 0.3 is 0 Å². The number of pyridine rings is 1. The van der Waals surface area contributed by atoms with Gasteiger partial charge in [0.25, 0.3) is 0 Å². The average molecular weight is 313 g/mol. The van der Waals surface area contributed by atoms with Crippen molar-refractivity contribution in [2.24, 2.45) is 0 Å². The van der Waals surface area contributed by atoms with Crippen molar-refractivity contribution >= 4 is 15.8 Å². The molecule has 2 rings (SSSR count). The van der Waals surface area contributed by atoms with Crippen LogP contribution in [-0.4, -0.2) is 50.6 Å². The summed E-state index contributed by atoms with van der Waals surface area (Å²) in [5.74, 6) is 0.650. The first-order valence-electron chi connectivity index (χ1n) is 7.25. The molecule has 0 radical (unpaired) electrons. The lowest BCUT2D eigenvalue weighted by Gasteiger charge is -2.25. The van der Waals surface area contributed by atoms with Gasteiger partial charge in [0.15, 0.2) is 0 Å². The number of aromatic nitrogens is 1. The Morgan fingerprint density at radius 1 is 1.33 bits per heavy atom. The Labute approximate surface area is 126 Å². The van der Waals surface area contributed by atoms with Gasteiger partial charge < -0.3 is 10.1 Å². The molecule has 0 saturated carbocycles. The monoisotopic (exact) mass is 313 g/mol. The van der Waals surface area contributed by atoms with Gasteiger partial charge in [0, 0.05) is 32.4 Å². The fraction of sp³-hybridized carbons (Fsp3) is 0.643. The van der Waals surface area contributed by atoms with E-state index in [0.29, 0.717) is 25.5 Å². The molecule has 1 atom stereocenters. The van der Waals surface area contributed by atoms with E-state index in [9.17, 15) is 8.42 Å². The van der Waals surface area contributed by atoms with Gasteiger partial charge in [-0.15, -0.1) is 0 Å². The minimum atomic E-state index is -3.40. The maximum absolute atomic E-state index is 12.5. The lowest BCUT2D eigenvalue weighted by Crippen LogP contribution is -2.35. The number of sulfonamides is 1. The number of piperidine rings is 1. The molecule has 1 aliphatic rings.